The van der Waals surface area contributed by atoms with E-state index in [0.29, 0.717) is 5.69 Å². The van der Waals surface area contributed by atoms with Gasteiger partial charge in [0.1, 0.15) is 23.8 Å². The minimum atomic E-state index is -1.86. The van der Waals surface area contributed by atoms with E-state index in [-0.39, 0.29) is 11.6 Å². The van der Waals surface area contributed by atoms with Crippen molar-refractivity contribution in [3.63, 3.8) is 0 Å². The molecule has 1 saturated heterocycles. The van der Waals surface area contributed by atoms with Gasteiger partial charge in [-0.2, -0.15) is 4.98 Å². The molecule has 4 N–H and O–H groups in total. The molecule has 2 heterocycles. The number of nitrogens with zero attached hydrogens (tertiary/aromatic N) is 2. The molecule has 0 radical (unpaired) electrons. The van der Waals surface area contributed by atoms with Crippen LogP contribution in [0.15, 0.2) is 41.3 Å². The van der Waals surface area contributed by atoms with Crippen molar-refractivity contribution in [1.29, 1.82) is 0 Å². The molecule has 1 aliphatic rings. The summed E-state index contributed by atoms with van der Waals surface area (Å²) < 4.78 is 20.1. The van der Waals surface area contributed by atoms with Crippen LogP contribution in [0, 0.1) is 0 Å². The predicted molar refractivity (Wildman–Crippen MR) is 81.8 cm³/mol. The average molecular weight is 337 g/mol. The Kier molecular flexibility index (Phi) is 4.47. The summed E-state index contributed by atoms with van der Waals surface area (Å²) in [5.74, 6) is 0.144. The summed E-state index contributed by atoms with van der Waals surface area (Å²) in [6.07, 6.45) is -4.58. The first kappa shape index (κ1) is 16.4. The molecule has 0 bridgehead atoms. The fraction of sp³-hybridized carbons (Fsp3) is 0.333. The van der Waals surface area contributed by atoms with E-state index in [0.717, 1.165) is 4.57 Å². The number of rotatable bonds is 4. The molecule has 128 valence electrons. The zero-order valence-corrected chi connectivity index (χ0v) is 12.4. The molecule has 2 aromatic rings. The summed E-state index contributed by atoms with van der Waals surface area (Å²) in [5, 5.41) is 31.1. The summed E-state index contributed by atoms with van der Waals surface area (Å²) in [6, 6.07) is 7.82. The number of halogens is 1. The van der Waals surface area contributed by atoms with Gasteiger partial charge in [0.25, 0.3) is 0 Å². The SMILES string of the molecule is O=c1nc(Nc2ccccc2O)ccn1[C@@H]1O[C@H](CO)C(O)[C@@H]1F. The highest BCUT2D eigenvalue weighted by Gasteiger charge is 2.45. The molecule has 0 spiro atoms. The van der Waals surface area contributed by atoms with Crippen LogP contribution in [-0.4, -0.2) is 49.9 Å². The largest absolute Gasteiger partial charge is 0.506 e. The van der Waals surface area contributed by atoms with Crippen LogP contribution in [0.3, 0.4) is 0 Å². The van der Waals surface area contributed by atoms with Crippen LogP contribution in [0.4, 0.5) is 15.9 Å². The molecule has 1 aromatic carbocycles. The molecule has 3 rings (SSSR count). The number of hydrogen-bond acceptors (Lipinski definition) is 7. The third kappa shape index (κ3) is 2.96. The number of para-hydroxylation sites is 2. The number of benzene rings is 1. The first-order chi connectivity index (χ1) is 11.5. The van der Waals surface area contributed by atoms with Gasteiger partial charge in [0.15, 0.2) is 12.4 Å². The van der Waals surface area contributed by atoms with E-state index in [4.69, 9.17) is 9.84 Å². The normalized spacial score (nSPS) is 26.5. The van der Waals surface area contributed by atoms with Gasteiger partial charge >= 0.3 is 5.69 Å². The van der Waals surface area contributed by atoms with Crippen LogP contribution >= 0.6 is 0 Å². The monoisotopic (exact) mass is 337 g/mol. The lowest BCUT2D eigenvalue weighted by atomic mass is 10.1. The van der Waals surface area contributed by atoms with Gasteiger partial charge in [0, 0.05) is 6.20 Å². The number of hydrogen-bond donors (Lipinski definition) is 4. The van der Waals surface area contributed by atoms with Crippen molar-refractivity contribution >= 4 is 11.5 Å². The van der Waals surface area contributed by atoms with E-state index in [2.05, 4.69) is 10.3 Å². The van der Waals surface area contributed by atoms with Crippen LogP contribution in [0.5, 0.6) is 5.75 Å². The molecule has 9 heteroatoms. The highest BCUT2D eigenvalue weighted by molar-refractivity contribution is 5.62. The molecule has 0 amide bonds. The number of alkyl halides is 1. The van der Waals surface area contributed by atoms with Crippen molar-refractivity contribution in [1.82, 2.24) is 9.55 Å². The zero-order valence-electron chi connectivity index (χ0n) is 12.4. The fourth-order valence-corrected chi connectivity index (χ4v) is 2.47. The molecular weight excluding hydrogens is 321 g/mol. The average Bonchev–Trinajstić information content (AvgIpc) is 2.85. The Hall–Kier alpha value is -2.49. The van der Waals surface area contributed by atoms with Crippen molar-refractivity contribution in [2.24, 2.45) is 0 Å². The second-order valence-electron chi connectivity index (χ2n) is 5.33. The zero-order chi connectivity index (χ0) is 17.3. The molecule has 1 aliphatic heterocycles. The molecular formula is C15H16FN3O5. The Balaban J connectivity index is 1.83. The molecule has 1 fully saturated rings. The number of nitrogens with one attached hydrogen (secondary N) is 1. The van der Waals surface area contributed by atoms with Gasteiger partial charge in [0.05, 0.1) is 12.3 Å². The molecule has 8 nitrogen and oxygen atoms in total. The number of aromatic hydroxyl groups is 1. The van der Waals surface area contributed by atoms with Gasteiger partial charge in [-0.15, -0.1) is 0 Å². The minimum absolute atomic E-state index is 0.0136. The number of phenols is 1. The standard InChI is InChI=1S/C15H16FN3O5/c16-12-13(22)10(7-20)24-14(12)19-6-5-11(18-15(19)23)17-8-3-1-2-4-9(8)21/h1-6,10,12-14,20-22H,7H2,(H,17,18,23)/t10-,12+,13?,14-/m1/s1. The predicted octanol–water partition coefficient (Wildman–Crippen LogP) is 0.281. The first-order valence-electron chi connectivity index (χ1n) is 7.24. The van der Waals surface area contributed by atoms with E-state index in [9.17, 15) is 19.4 Å². The van der Waals surface area contributed by atoms with Crippen molar-refractivity contribution in [2.45, 2.75) is 24.6 Å². The van der Waals surface area contributed by atoms with Crippen molar-refractivity contribution in [2.75, 3.05) is 11.9 Å². The van der Waals surface area contributed by atoms with Gasteiger partial charge in [-0.05, 0) is 18.2 Å². The lowest BCUT2D eigenvalue weighted by Gasteiger charge is -2.16. The van der Waals surface area contributed by atoms with E-state index in [1.165, 1.54) is 18.3 Å². The Morgan fingerprint density at radius 1 is 1.33 bits per heavy atom. The van der Waals surface area contributed by atoms with E-state index in [1.54, 1.807) is 18.2 Å². The molecule has 24 heavy (non-hydrogen) atoms. The van der Waals surface area contributed by atoms with Crippen LogP contribution in [0.2, 0.25) is 0 Å². The molecule has 1 unspecified atom stereocenters. The first-order valence-corrected chi connectivity index (χ1v) is 7.24. The number of aliphatic hydroxyl groups excluding tert-OH is 2. The highest BCUT2D eigenvalue weighted by atomic mass is 19.1. The lowest BCUT2D eigenvalue weighted by molar-refractivity contribution is -0.0490. The fourth-order valence-electron chi connectivity index (χ4n) is 2.47. The van der Waals surface area contributed by atoms with Crippen LogP contribution in [-0.2, 0) is 4.74 Å². The molecule has 0 saturated carbocycles. The summed E-state index contributed by atoms with van der Waals surface area (Å²) in [6.45, 7) is -0.562. The Labute approximate surface area is 135 Å². The number of ether oxygens (including phenoxy) is 1. The Bertz CT molecular complexity index is 784. The highest BCUT2D eigenvalue weighted by Crippen LogP contribution is 2.31. The minimum Gasteiger partial charge on any atom is -0.506 e. The maximum Gasteiger partial charge on any atom is 0.351 e. The lowest BCUT2D eigenvalue weighted by Crippen LogP contribution is -2.33. The van der Waals surface area contributed by atoms with Crippen molar-refractivity contribution in [3.05, 3.63) is 47.0 Å². The summed E-state index contributed by atoms with van der Waals surface area (Å²) >= 11 is 0. The van der Waals surface area contributed by atoms with E-state index < -0.39 is 36.9 Å². The second-order valence-corrected chi connectivity index (χ2v) is 5.33. The van der Waals surface area contributed by atoms with Crippen LogP contribution in [0.1, 0.15) is 6.23 Å². The van der Waals surface area contributed by atoms with Crippen molar-refractivity contribution in [3.8, 4) is 5.75 Å². The van der Waals surface area contributed by atoms with Gasteiger partial charge in [-0.1, -0.05) is 12.1 Å². The number of phenolic OH excluding ortho intramolecular Hbond substituents is 1. The van der Waals surface area contributed by atoms with E-state index >= 15 is 0 Å². The third-order valence-corrected chi connectivity index (χ3v) is 3.74. The molecule has 0 aliphatic carbocycles. The Morgan fingerprint density at radius 3 is 2.71 bits per heavy atom. The van der Waals surface area contributed by atoms with Gasteiger partial charge in [-0.3, -0.25) is 4.57 Å². The van der Waals surface area contributed by atoms with Gasteiger partial charge in [0.2, 0.25) is 0 Å². The maximum absolute atomic E-state index is 14.1. The van der Waals surface area contributed by atoms with Gasteiger partial charge < -0.3 is 25.4 Å². The molecule has 4 atom stereocenters. The summed E-state index contributed by atoms with van der Waals surface area (Å²) in [7, 11) is 0. The third-order valence-electron chi connectivity index (χ3n) is 3.74. The number of anilines is 2. The second kappa shape index (κ2) is 6.56. The van der Waals surface area contributed by atoms with Gasteiger partial charge in [-0.25, -0.2) is 9.18 Å². The summed E-state index contributed by atoms with van der Waals surface area (Å²) in [5.41, 5.74) is -0.438. The number of aliphatic hydroxyl groups is 2. The smallest absolute Gasteiger partial charge is 0.351 e. The Morgan fingerprint density at radius 2 is 2.08 bits per heavy atom. The quantitative estimate of drug-likeness (QED) is 0.592. The van der Waals surface area contributed by atoms with E-state index in [1.807, 2.05) is 0 Å². The topological polar surface area (TPSA) is 117 Å². The van der Waals surface area contributed by atoms with Crippen LogP contribution < -0.4 is 11.0 Å². The molecule has 1 aromatic heterocycles. The van der Waals surface area contributed by atoms with Crippen molar-refractivity contribution < 1.29 is 24.4 Å². The summed E-state index contributed by atoms with van der Waals surface area (Å²) in [4.78, 5) is 15.9. The van der Waals surface area contributed by atoms with Crippen LogP contribution in [0.25, 0.3) is 0 Å². The maximum atomic E-state index is 14.1. The number of aromatic nitrogens is 2.